The molecule has 0 amide bonds. The van der Waals surface area contributed by atoms with Gasteiger partial charge in [0.1, 0.15) is 5.65 Å². The lowest BCUT2D eigenvalue weighted by molar-refractivity contribution is 0.729. The van der Waals surface area contributed by atoms with Gasteiger partial charge in [0.15, 0.2) is 5.82 Å². The monoisotopic (exact) mass is 276 g/mol. The summed E-state index contributed by atoms with van der Waals surface area (Å²) in [5.41, 5.74) is 3.98. The van der Waals surface area contributed by atoms with E-state index in [1.807, 2.05) is 28.8 Å². The minimum atomic E-state index is 0.684. The van der Waals surface area contributed by atoms with Gasteiger partial charge in [-0.05, 0) is 30.7 Å². The zero-order chi connectivity index (χ0) is 14.2. The van der Waals surface area contributed by atoms with Crippen LogP contribution in [0.5, 0.6) is 0 Å². The first-order valence-corrected chi connectivity index (χ1v) is 6.58. The molecule has 0 bridgehead atoms. The second-order valence-corrected chi connectivity index (χ2v) is 4.82. The highest BCUT2D eigenvalue weighted by Gasteiger charge is 2.06. The van der Waals surface area contributed by atoms with Crippen LogP contribution in [-0.4, -0.2) is 29.4 Å². The van der Waals surface area contributed by atoms with Gasteiger partial charge in [0.2, 0.25) is 0 Å². The van der Waals surface area contributed by atoms with E-state index in [4.69, 9.17) is 0 Å². The molecule has 0 aliphatic rings. The van der Waals surface area contributed by atoms with E-state index in [-0.39, 0.29) is 0 Å². The number of pyridine rings is 2. The quantitative estimate of drug-likeness (QED) is 0.563. The van der Waals surface area contributed by atoms with Crippen molar-refractivity contribution in [2.75, 3.05) is 0 Å². The number of hydrogen-bond donors (Lipinski definition) is 0. The van der Waals surface area contributed by atoms with Crippen LogP contribution in [0.15, 0.2) is 55.2 Å². The van der Waals surface area contributed by atoms with Gasteiger partial charge in [-0.25, -0.2) is 9.97 Å². The van der Waals surface area contributed by atoms with Crippen LogP contribution in [-0.2, 0) is 0 Å². The largest absolute Gasteiger partial charge is 0.306 e. The van der Waals surface area contributed by atoms with Crippen molar-refractivity contribution >= 4 is 5.65 Å². The number of aryl methyl sites for hydroxylation is 1. The van der Waals surface area contributed by atoms with Crippen LogP contribution in [0.1, 0.15) is 5.56 Å². The average molecular weight is 276 g/mol. The third kappa shape index (κ3) is 2.06. The van der Waals surface area contributed by atoms with Gasteiger partial charge in [-0.2, -0.15) is 10.2 Å². The molecule has 4 rings (SSSR count). The second-order valence-electron chi connectivity index (χ2n) is 4.82. The van der Waals surface area contributed by atoms with Gasteiger partial charge < -0.3 is 4.40 Å². The molecule has 0 aliphatic heterocycles. The van der Waals surface area contributed by atoms with Crippen molar-refractivity contribution in [3.8, 4) is 17.1 Å². The summed E-state index contributed by atoms with van der Waals surface area (Å²) in [5.74, 6) is 0.684. The zero-order valence-corrected chi connectivity index (χ0v) is 11.4. The standard InChI is InChI=1S/C15H12N6/c1-11-2-4-15-19-13(10-20(15)9-11)12-3-5-14(16-8-12)21-17-6-7-18-21/h2-10H,1H3. The highest BCUT2D eigenvalue weighted by atomic mass is 15.5. The summed E-state index contributed by atoms with van der Waals surface area (Å²) >= 11 is 0. The fourth-order valence-corrected chi connectivity index (χ4v) is 2.23. The molecule has 0 fully saturated rings. The van der Waals surface area contributed by atoms with Crippen LogP contribution >= 0.6 is 0 Å². The molecule has 4 aromatic heterocycles. The molecule has 0 N–H and O–H groups in total. The van der Waals surface area contributed by atoms with Crippen molar-refractivity contribution < 1.29 is 0 Å². The summed E-state index contributed by atoms with van der Waals surface area (Å²) in [6, 6.07) is 7.91. The summed E-state index contributed by atoms with van der Waals surface area (Å²) in [5, 5.41) is 8.11. The highest BCUT2D eigenvalue weighted by molar-refractivity contribution is 5.62. The molecule has 0 aliphatic carbocycles. The Labute approximate surface area is 120 Å². The van der Waals surface area contributed by atoms with E-state index in [0.717, 1.165) is 16.9 Å². The third-order valence-electron chi connectivity index (χ3n) is 3.27. The molecule has 6 nitrogen and oxygen atoms in total. The van der Waals surface area contributed by atoms with Crippen molar-refractivity contribution in [1.82, 2.24) is 29.4 Å². The third-order valence-corrected chi connectivity index (χ3v) is 3.27. The number of imidazole rings is 1. The SMILES string of the molecule is Cc1ccc2nc(-c3ccc(-n4nccn4)nc3)cn2c1. The van der Waals surface area contributed by atoms with Crippen LogP contribution in [0.4, 0.5) is 0 Å². The molecule has 0 radical (unpaired) electrons. The van der Waals surface area contributed by atoms with Crippen LogP contribution in [0, 0.1) is 6.92 Å². The Hall–Kier alpha value is -3.02. The van der Waals surface area contributed by atoms with E-state index in [2.05, 4.69) is 39.4 Å². The topological polar surface area (TPSA) is 60.9 Å². The van der Waals surface area contributed by atoms with E-state index in [1.165, 1.54) is 10.4 Å². The molecule has 4 aromatic rings. The maximum atomic E-state index is 4.60. The summed E-state index contributed by atoms with van der Waals surface area (Å²) < 4.78 is 2.02. The molecule has 0 aromatic carbocycles. The first-order chi connectivity index (χ1) is 10.3. The second kappa shape index (κ2) is 4.52. The zero-order valence-electron chi connectivity index (χ0n) is 11.4. The number of rotatable bonds is 2. The molecule has 0 saturated heterocycles. The smallest absolute Gasteiger partial charge is 0.174 e. The van der Waals surface area contributed by atoms with E-state index < -0.39 is 0 Å². The first-order valence-electron chi connectivity index (χ1n) is 6.58. The summed E-state index contributed by atoms with van der Waals surface area (Å²) in [4.78, 5) is 10.5. The molecule has 0 atom stereocenters. The van der Waals surface area contributed by atoms with E-state index >= 15 is 0 Å². The highest BCUT2D eigenvalue weighted by Crippen LogP contribution is 2.19. The molecular formula is C15H12N6. The van der Waals surface area contributed by atoms with Crippen LogP contribution in [0.2, 0.25) is 0 Å². The Bertz CT molecular complexity index is 890. The molecule has 21 heavy (non-hydrogen) atoms. The Balaban J connectivity index is 1.74. The Morgan fingerprint density at radius 1 is 0.952 bits per heavy atom. The minimum absolute atomic E-state index is 0.684. The molecule has 6 heteroatoms. The normalized spacial score (nSPS) is 11.1. The Kier molecular flexibility index (Phi) is 2.53. The molecule has 0 unspecified atom stereocenters. The van der Waals surface area contributed by atoms with Crippen LogP contribution in [0.3, 0.4) is 0 Å². The van der Waals surface area contributed by atoms with Gasteiger partial charge in [0, 0.05) is 24.2 Å². The summed E-state index contributed by atoms with van der Waals surface area (Å²) in [6.07, 6.45) is 9.10. The first kappa shape index (κ1) is 11.8. The van der Waals surface area contributed by atoms with E-state index in [0.29, 0.717) is 5.82 Å². The average Bonchev–Trinajstić information content (AvgIpc) is 3.16. The fraction of sp³-hybridized carbons (Fsp3) is 0.0667. The van der Waals surface area contributed by atoms with Crippen molar-refractivity contribution in [3.05, 3.63) is 60.8 Å². The lowest BCUT2D eigenvalue weighted by atomic mass is 10.2. The maximum absolute atomic E-state index is 4.60. The summed E-state index contributed by atoms with van der Waals surface area (Å²) in [7, 11) is 0. The predicted octanol–water partition coefficient (Wildman–Crippen LogP) is 2.29. The predicted molar refractivity (Wildman–Crippen MR) is 78.1 cm³/mol. The van der Waals surface area contributed by atoms with Gasteiger partial charge in [0.25, 0.3) is 0 Å². The summed E-state index contributed by atoms with van der Waals surface area (Å²) in [6.45, 7) is 2.06. The van der Waals surface area contributed by atoms with Crippen molar-refractivity contribution in [1.29, 1.82) is 0 Å². The van der Waals surface area contributed by atoms with Crippen molar-refractivity contribution in [2.45, 2.75) is 6.92 Å². The number of nitrogens with zero attached hydrogens (tertiary/aromatic N) is 6. The Morgan fingerprint density at radius 2 is 1.81 bits per heavy atom. The number of hydrogen-bond acceptors (Lipinski definition) is 4. The lowest BCUT2D eigenvalue weighted by Crippen LogP contribution is -2.00. The van der Waals surface area contributed by atoms with Crippen LogP contribution < -0.4 is 0 Å². The number of fused-ring (bicyclic) bond motifs is 1. The van der Waals surface area contributed by atoms with Crippen molar-refractivity contribution in [2.24, 2.45) is 0 Å². The van der Waals surface area contributed by atoms with E-state index in [1.54, 1.807) is 18.6 Å². The van der Waals surface area contributed by atoms with Crippen LogP contribution in [0.25, 0.3) is 22.7 Å². The van der Waals surface area contributed by atoms with E-state index in [9.17, 15) is 0 Å². The van der Waals surface area contributed by atoms with Gasteiger partial charge in [-0.1, -0.05) is 6.07 Å². The molecule has 0 saturated carbocycles. The fourth-order valence-electron chi connectivity index (χ4n) is 2.23. The van der Waals surface area contributed by atoms with Gasteiger partial charge in [-0.3, -0.25) is 0 Å². The minimum Gasteiger partial charge on any atom is -0.306 e. The molecular weight excluding hydrogens is 264 g/mol. The van der Waals surface area contributed by atoms with Crippen molar-refractivity contribution in [3.63, 3.8) is 0 Å². The number of aromatic nitrogens is 6. The van der Waals surface area contributed by atoms with Gasteiger partial charge in [-0.15, -0.1) is 4.80 Å². The molecule has 0 spiro atoms. The van der Waals surface area contributed by atoms with Gasteiger partial charge in [0.05, 0.1) is 18.1 Å². The molecule has 102 valence electrons. The lowest BCUT2D eigenvalue weighted by Gasteiger charge is -1.99. The van der Waals surface area contributed by atoms with Gasteiger partial charge >= 0.3 is 0 Å². The maximum Gasteiger partial charge on any atom is 0.174 e. The Morgan fingerprint density at radius 3 is 2.57 bits per heavy atom. The molecule has 4 heterocycles.